The van der Waals surface area contributed by atoms with E-state index in [4.69, 9.17) is 0 Å². The molecule has 0 spiro atoms. The summed E-state index contributed by atoms with van der Waals surface area (Å²) in [5, 5.41) is 0. The third-order valence-corrected chi connectivity index (χ3v) is 3.53. The maximum absolute atomic E-state index is 3.65. The summed E-state index contributed by atoms with van der Waals surface area (Å²) in [7, 11) is 2.22. The van der Waals surface area contributed by atoms with Crippen molar-refractivity contribution in [1.29, 1.82) is 0 Å². The molecule has 3 nitrogen and oxygen atoms in total. The van der Waals surface area contributed by atoms with E-state index < -0.39 is 0 Å². The highest BCUT2D eigenvalue weighted by Crippen LogP contribution is 2.13. The van der Waals surface area contributed by atoms with Crippen LogP contribution >= 0.6 is 0 Å². The predicted molar refractivity (Wildman–Crippen MR) is 68.4 cm³/mol. The second-order valence-corrected chi connectivity index (χ2v) is 5.01. The van der Waals surface area contributed by atoms with Gasteiger partial charge in [0.1, 0.15) is 0 Å². The maximum Gasteiger partial charge on any atom is 0.0437 e. The van der Waals surface area contributed by atoms with Gasteiger partial charge in [0.2, 0.25) is 0 Å². The summed E-state index contributed by atoms with van der Waals surface area (Å²) in [4.78, 5) is 2.43. The van der Waals surface area contributed by atoms with Gasteiger partial charge < -0.3 is 10.3 Å². The largest absolute Gasteiger partial charge is 0.323 e. The van der Waals surface area contributed by atoms with Gasteiger partial charge in [-0.05, 0) is 65.4 Å². The molecule has 0 radical (unpaired) electrons. The third kappa shape index (κ3) is 2.59. The van der Waals surface area contributed by atoms with Gasteiger partial charge in [-0.3, -0.25) is 4.68 Å². The van der Waals surface area contributed by atoms with E-state index in [1.54, 1.807) is 0 Å². The van der Waals surface area contributed by atoms with Gasteiger partial charge in [0.15, 0.2) is 0 Å². The minimum atomic E-state index is 0.620. The first-order chi connectivity index (χ1) is 7.66. The van der Waals surface area contributed by atoms with Gasteiger partial charge in [-0.25, -0.2) is 0 Å². The molecule has 90 valence electrons. The van der Waals surface area contributed by atoms with Crippen LogP contribution in [-0.4, -0.2) is 35.8 Å². The summed E-state index contributed by atoms with van der Waals surface area (Å²) in [5.74, 6) is 0. The van der Waals surface area contributed by atoms with Crippen molar-refractivity contribution in [3.8, 4) is 0 Å². The molecular formula is C13H23N3. The number of aryl methyl sites for hydroxylation is 2. The standard InChI is InChI=1S/C13H23N3/c1-11-6-7-12(2)16(11)14-13-5-4-9-15(3)10-8-13/h6-7,13-14H,4-5,8-10H2,1-3H3. The molecular weight excluding hydrogens is 198 g/mol. The van der Waals surface area contributed by atoms with Crippen molar-refractivity contribution in [3.05, 3.63) is 23.5 Å². The number of hydrogen-bond acceptors (Lipinski definition) is 2. The van der Waals surface area contributed by atoms with Crippen LogP contribution in [0.5, 0.6) is 0 Å². The van der Waals surface area contributed by atoms with Gasteiger partial charge in [0.05, 0.1) is 0 Å². The average molecular weight is 221 g/mol. The molecule has 0 amide bonds. The molecule has 2 heterocycles. The van der Waals surface area contributed by atoms with Crippen molar-refractivity contribution >= 4 is 0 Å². The molecule has 1 aromatic rings. The smallest absolute Gasteiger partial charge is 0.0437 e. The Labute approximate surface area is 98.4 Å². The van der Waals surface area contributed by atoms with Gasteiger partial charge in [0, 0.05) is 17.4 Å². The highest BCUT2D eigenvalue weighted by molar-refractivity contribution is 5.15. The maximum atomic E-state index is 3.65. The number of rotatable bonds is 2. The first-order valence-corrected chi connectivity index (χ1v) is 6.27. The number of hydrogen-bond donors (Lipinski definition) is 1. The van der Waals surface area contributed by atoms with Crippen molar-refractivity contribution in [2.75, 3.05) is 25.6 Å². The predicted octanol–water partition coefficient (Wildman–Crippen LogP) is 2.13. The van der Waals surface area contributed by atoms with E-state index in [1.165, 1.54) is 43.7 Å². The first-order valence-electron chi connectivity index (χ1n) is 6.27. The Kier molecular flexibility index (Phi) is 3.54. The molecule has 1 atom stereocenters. The molecule has 1 N–H and O–H groups in total. The second kappa shape index (κ2) is 4.91. The van der Waals surface area contributed by atoms with Crippen LogP contribution < -0.4 is 5.43 Å². The van der Waals surface area contributed by atoms with Gasteiger partial charge in [-0.15, -0.1) is 0 Å². The van der Waals surface area contributed by atoms with Crippen LogP contribution in [0.2, 0.25) is 0 Å². The van der Waals surface area contributed by atoms with E-state index in [-0.39, 0.29) is 0 Å². The minimum absolute atomic E-state index is 0.620. The Morgan fingerprint density at radius 3 is 2.50 bits per heavy atom. The molecule has 16 heavy (non-hydrogen) atoms. The Morgan fingerprint density at radius 2 is 1.81 bits per heavy atom. The monoisotopic (exact) mass is 221 g/mol. The minimum Gasteiger partial charge on any atom is -0.323 e. The zero-order valence-electron chi connectivity index (χ0n) is 10.7. The van der Waals surface area contributed by atoms with Crippen molar-refractivity contribution in [2.24, 2.45) is 0 Å². The molecule has 2 rings (SSSR count). The fourth-order valence-corrected chi connectivity index (χ4v) is 2.42. The first kappa shape index (κ1) is 11.5. The molecule has 0 bridgehead atoms. The van der Waals surface area contributed by atoms with Gasteiger partial charge >= 0.3 is 0 Å². The van der Waals surface area contributed by atoms with Gasteiger partial charge in [0.25, 0.3) is 0 Å². The molecule has 1 unspecified atom stereocenters. The van der Waals surface area contributed by atoms with Crippen molar-refractivity contribution in [3.63, 3.8) is 0 Å². The van der Waals surface area contributed by atoms with Crippen LogP contribution in [0, 0.1) is 13.8 Å². The molecule has 3 heteroatoms. The molecule has 0 aliphatic carbocycles. The van der Waals surface area contributed by atoms with Crippen LogP contribution in [0.3, 0.4) is 0 Å². The SMILES string of the molecule is Cc1ccc(C)n1NC1CCCN(C)CC1. The molecule has 1 aliphatic rings. The van der Waals surface area contributed by atoms with Crippen molar-refractivity contribution in [2.45, 2.75) is 39.2 Å². The van der Waals surface area contributed by atoms with Crippen LogP contribution in [0.4, 0.5) is 0 Å². The van der Waals surface area contributed by atoms with Crippen LogP contribution in [-0.2, 0) is 0 Å². The third-order valence-electron chi connectivity index (χ3n) is 3.53. The van der Waals surface area contributed by atoms with E-state index >= 15 is 0 Å². The van der Waals surface area contributed by atoms with E-state index in [0.717, 1.165) is 0 Å². The Morgan fingerprint density at radius 1 is 1.12 bits per heavy atom. The van der Waals surface area contributed by atoms with E-state index in [1.807, 2.05) is 0 Å². The summed E-state index contributed by atoms with van der Waals surface area (Å²) >= 11 is 0. The molecule has 0 saturated carbocycles. The highest BCUT2D eigenvalue weighted by atomic mass is 15.4. The van der Waals surface area contributed by atoms with Crippen molar-refractivity contribution in [1.82, 2.24) is 9.58 Å². The normalized spacial score (nSPS) is 23.1. The van der Waals surface area contributed by atoms with E-state index in [2.05, 4.69) is 48.0 Å². The van der Waals surface area contributed by atoms with Gasteiger partial charge in [-0.2, -0.15) is 0 Å². The zero-order valence-corrected chi connectivity index (χ0v) is 10.7. The lowest BCUT2D eigenvalue weighted by Gasteiger charge is -2.21. The number of nitrogens with zero attached hydrogens (tertiary/aromatic N) is 2. The lowest BCUT2D eigenvalue weighted by molar-refractivity contribution is 0.347. The zero-order chi connectivity index (χ0) is 11.5. The number of likely N-dealkylation sites (tertiary alicyclic amines) is 1. The van der Waals surface area contributed by atoms with Crippen LogP contribution in [0.25, 0.3) is 0 Å². The van der Waals surface area contributed by atoms with Gasteiger partial charge in [-0.1, -0.05) is 0 Å². The lowest BCUT2D eigenvalue weighted by atomic mass is 10.1. The van der Waals surface area contributed by atoms with Crippen molar-refractivity contribution < 1.29 is 0 Å². The molecule has 1 saturated heterocycles. The fourth-order valence-electron chi connectivity index (χ4n) is 2.42. The topological polar surface area (TPSA) is 20.2 Å². The number of nitrogens with one attached hydrogen (secondary N) is 1. The number of aromatic nitrogens is 1. The summed E-state index contributed by atoms with van der Waals surface area (Å²) in [6, 6.07) is 4.96. The average Bonchev–Trinajstić information content (AvgIpc) is 2.48. The second-order valence-electron chi connectivity index (χ2n) is 5.01. The van der Waals surface area contributed by atoms with Crippen LogP contribution in [0.1, 0.15) is 30.7 Å². The molecule has 0 aromatic carbocycles. The van der Waals surface area contributed by atoms with E-state index in [9.17, 15) is 0 Å². The highest BCUT2D eigenvalue weighted by Gasteiger charge is 2.15. The lowest BCUT2D eigenvalue weighted by Crippen LogP contribution is -2.30. The summed E-state index contributed by atoms with van der Waals surface area (Å²) in [6.45, 7) is 6.75. The summed E-state index contributed by atoms with van der Waals surface area (Å²) < 4.78 is 2.23. The molecule has 1 aliphatic heterocycles. The summed E-state index contributed by atoms with van der Waals surface area (Å²) in [5.41, 5.74) is 6.25. The fraction of sp³-hybridized carbons (Fsp3) is 0.692. The molecule has 1 fully saturated rings. The Hall–Kier alpha value is -0.960. The quantitative estimate of drug-likeness (QED) is 0.825. The Bertz CT molecular complexity index is 323. The van der Waals surface area contributed by atoms with E-state index in [0.29, 0.717) is 6.04 Å². The molecule has 1 aromatic heterocycles. The van der Waals surface area contributed by atoms with Crippen LogP contribution in [0.15, 0.2) is 12.1 Å². The summed E-state index contributed by atoms with van der Waals surface area (Å²) in [6.07, 6.45) is 3.82. The Balaban J connectivity index is 1.99.